The minimum atomic E-state index is 0.392. The van der Waals surface area contributed by atoms with Gasteiger partial charge in [0.1, 0.15) is 0 Å². The average molecular weight is 266 g/mol. The van der Waals surface area contributed by atoms with Crippen LogP contribution in [0.2, 0.25) is 5.02 Å². The minimum Gasteiger partial charge on any atom is -0.339 e. The number of nitrogens with two attached hydrogens (primary N) is 1. The van der Waals surface area contributed by atoms with E-state index >= 15 is 0 Å². The minimum absolute atomic E-state index is 0.392. The smallest absolute Gasteiger partial charge is 0.227 e. The van der Waals surface area contributed by atoms with Crippen LogP contribution >= 0.6 is 11.6 Å². The van der Waals surface area contributed by atoms with Gasteiger partial charge >= 0.3 is 0 Å². The Bertz CT molecular complexity index is 491. The molecule has 0 spiro atoms. The molecule has 0 aliphatic heterocycles. The Morgan fingerprint density at radius 2 is 2.06 bits per heavy atom. The van der Waals surface area contributed by atoms with Crippen LogP contribution in [0.5, 0.6) is 0 Å². The molecule has 0 bridgehead atoms. The zero-order valence-corrected chi connectivity index (χ0v) is 11.0. The third-order valence-electron chi connectivity index (χ3n) is 2.94. The zero-order chi connectivity index (χ0) is 13.0. The van der Waals surface area contributed by atoms with Crippen LogP contribution in [0, 0.1) is 5.92 Å². The van der Waals surface area contributed by atoms with Crippen molar-refractivity contribution in [3.63, 3.8) is 0 Å². The summed E-state index contributed by atoms with van der Waals surface area (Å²) in [6.45, 7) is 2.74. The van der Waals surface area contributed by atoms with Crippen molar-refractivity contribution >= 4 is 11.6 Å². The van der Waals surface area contributed by atoms with E-state index in [0.717, 1.165) is 18.4 Å². The molecule has 0 aliphatic rings. The highest BCUT2D eigenvalue weighted by atomic mass is 35.5. The topological polar surface area (TPSA) is 64.9 Å². The predicted molar refractivity (Wildman–Crippen MR) is 71.3 cm³/mol. The normalized spacial score (nSPS) is 12.6. The fraction of sp³-hybridized carbons (Fsp3) is 0.385. The standard InChI is InChI=1S/C13H16ClN3O/c1-2-9(8-15)7-12-16-13(17-18-12)10-3-5-11(14)6-4-10/h3-6,9H,2,7-8,15H2,1H3. The predicted octanol–water partition coefficient (Wildman–Crippen LogP) is 2.92. The van der Waals surface area contributed by atoms with Gasteiger partial charge in [-0.1, -0.05) is 30.1 Å². The highest BCUT2D eigenvalue weighted by Gasteiger charge is 2.12. The van der Waals surface area contributed by atoms with Gasteiger partial charge in [0, 0.05) is 17.0 Å². The molecule has 0 fully saturated rings. The van der Waals surface area contributed by atoms with Crippen LogP contribution < -0.4 is 5.73 Å². The molecular weight excluding hydrogens is 250 g/mol. The van der Waals surface area contributed by atoms with E-state index in [1.807, 2.05) is 24.3 Å². The summed E-state index contributed by atoms with van der Waals surface area (Å²) >= 11 is 5.83. The molecule has 0 amide bonds. The maximum atomic E-state index is 5.83. The number of nitrogens with zero attached hydrogens (tertiary/aromatic N) is 2. The van der Waals surface area contributed by atoms with E-state index in [9.17, 15) is 0 Å². The molecule has 5 heteroatoms. The van der Waals surface area contributed by atoms with Crippen LogP contribution in [-0.4, -0.2) is 16.7 Å². The number of benzene rings is 1. The van der Waals surface area contributed by atoms with E-state index in [-0.39, 0.29) is 0 Å². The SMILES string of the molecule is CCC(CN)Cc1nc(-c2ccc(Cl)cc2)no1. The molecule has 4 nitrogen and oxygen atoms in total. The van der Waals surface area contributed by atoms with Gasteiger partial charge in [0.05, 0.1) is 0 Å². The Kier molecular flexibility index (Phi) is 4.33. The molecule has 0 saturated carbocycles. The molecule has 1 heterocycles. The van der Waals surface area contributed by atoms with E-state index < -0.39 is 0 Å². The van der Waals surface area contributed by atoms with Crippen LogP contribution in [0.15, 0.2) is 28.8 Å². The first kappa shape index (κ1) is 13.1. The Hall–Kier alpha value is -1.39. The monoisotopic (exact) mass is 265 g/mol. The first-order valence-electron chi connectivity index (χ1n) is 6.01. The summed E-state index contributed by atoms with van der Waals surface area (Å²) in [7, 11) is 0. The van der Waals surface area contributed by atoms with Crippen molar-refractivity contribution in [3.8, 4) is 11.4 Å². The Morgan fingerprint density at radius 1 is 1.33 bits per heavy atom. The van der Waals surface area contributed by atoms with Crippen molar-refractivity contribution < 1.29 is 4.52 Å². The van der Waals surface area contributed by atoms with E-state index in [2.05, 4.69) is 17.1 Å². The van der Waals surface area contributed by atoms with E-state index in [1.165, 1.54) is 0 Å². The van der Waals surface area contributed by atoms with Crippen molar-refractivity contribution in [1.82, 2.24) is 10.1 Å². The lowest BCUT2D eigenvalue weighted by Crippen LogP contribution is -2.15. The number of hydrogen-bond acceptors (Lipinski definition) is 4. The molecule has 0 radical (unpaired) electrons. The number of aromatic nitrogens is 2. The quantitative estimate of drug-likeness (QED) is 0.903. The maximum Gasteiger partial charge on any atom is 0.227 e. The van der Waals surface area contributed by atoms with Crippen molar-refractivity contribution in [2.45, 2.75) is 19.8 Å². The average Bonchev–Trinajstić information content (AvgIpc) is 2.85. The summed E-state index contributed by atoms with van der Waals surface area (Å²) in [6, 6.07) is 7.36. The highest BCUT2D eigenvalue weighted by Crippen LogP contribution is 2.19. The van der Waals surface area contributed by atoms with Crippen molar-refractivity contribution in [2.75, 3.05) is 6.54 Å². The summed E-state index contributed by atoms with van der Waals surface area (Å²) in [5.41, 5.74) is 6.56. The van der Waals surface area contributed by atoms with Crippen molar-refractivity contribution in [2.24, 2.45) is 11.7 Å². The third kappa shape index (κ3) is 3.09. The van der Waals surface area contributed by atoms with Gasteiger partial charge in [-0.05, 0) is 36.7 Å². The fourth-order valence-corrected chi connectivity index (χ4v) is 1.82. The van der Waals surface area contributed by atoms with Gasteiger partial charge in [0.2, 0.25) is 11.7 Å². The Balaban J connectivity index is 2.12. The second kappa shape index (κ2) is 5.98. The van der Waals surface area contributed by atoms with E-state index in [1.54, 1.807) is 0 Å². The molecule has 2 N–H and O–H groups in total. The molecule has 1 aromatic heterocycles. The molecule has 96 valence electrons. The second-order valence-electron chi connectivity index (χ2n) is 4.23. The van der Waals surface area contributed by atoms with Gasteiger partial charge in [-0.15, -0.1) is 0 Å². The van der Waals surface area contributed by atoms with Gasteiger partial charge in [0.15, 0.2) is 0 Å². The molecule has 0 saturated heterocycles. The first-order chi connectivity index (χ1) is 8.72. The Morgan fingerprint density at radius 3 is 2.67 bits per heavy atom. The van der Waals surface area contributed by atoms with Crippen LogP contribution in [0.3, 0.4) is 0 Å². The van der Waals surface area contributed by atoms with E-state index in [4.69, 9.17) is 21.9 Å². The number of halogens is 1. The second-order valence-corrected chi connectivity index (χ2v) is 4.67. The lowest BCUT2D eigenvalue weighted by molar-refractivity contribution is 0.350. The third-order valence-corrected chi connectivity index (χ3v) is 3.20. The van der Waals surface area contributed by atoms with Crippen LogP contribution in [0.4, 0.5) is 0 Å². The molecule has 18 heavy (non-hydrogen) atoms. The Labute approximate surface area is 111 Å². The lowest BCUT2D eigenvalue weighted by Gasteiger charge is -2.07. The van der Waals surface area contributed by atoms with Gasteiger partial charge in [-0.25, -0.2) is 0 Å². The summed E-state index contributed by atoms with van der Waals surface area (Å²) in [5, 5.41) is 4.66. The van der Waals surface area contributed by atoms with Crippen LogP contribution in [0.1, 0.15) is 19.2 Å². The summed E-state index contributed by atoms with van der Waals surface area (Å²) in [6.07, 6.45) is 1.74. The molecule has 0 aliphatic carbocycles. The van der Waals surface area contributed by atoms with Crippen molar-refractivity contribution in [3.05, 3.63) is 35.2 Å². The molecule has 1 unspecified atom stereocenters. The maximum absolute atomic E-state index is 5.83. The van der Waals surface area contributed by atoms with Crippen molar-refractivity contribution in [1.29, 1.82) is 0 Å². The molecule has 1 atom stereocenters. The number of rotatable bonds is 5. The lowest BCUT2D eigenvalue weighted by atomic mass is 10.0. The fourth-order valence-electron chi connectivity index (χ4n) is 1.70. The summed E-state index contributed by atoms with van der Waals surface area (Å²) in [4.78, 5) is 4.37. The largest absolute Gasteiger partial charge is 0.339 e. The van der Waals surface area contributed by atoms with Gasteiger partial charge in [-0.3, -0.25) is 0 Å². The van der Waals surface area contributed by atoms with Gasteiger partial charge in [0.25, 0.3) is 0 Å². The number of hydrogen-bond donors (Lipinski definition) is 1. The summed E-state index contributed by atoms with van der Waals surface area (Å²) < 4.78 is 5.23. The zero-order valence-electron chi connectivity index (χ0n) is 10.3. The molecular formula is C13H16ClN3O. The first-order valence-corrected chi connectivity index (χ1v) is 6.39. The van der Waals surface area contributed by atoms with Gasteiger partial charge in [-0.2, -0.15) is 4.98 Å². The van der Waals surface area contributed by atoms with E-state index in [0.29, 0.717) is 29.2 Å². The molecule has 2 aromatic rings. The van der Waals surface area contributed by atoms with Crippen LogP contribution in [-0.2, 0) is 6.42 Å². The molecule has 1 aromatic carbocycles. The highest BCUT2D eigenvalue weighted by molar-refractivity contribution is 6.30. The van der Waals surface area contributed by atoms with Gasteiger partial charge < -0.3 is 10.3 Å². The molecule has 2 rings (SSSR count). The summed E-state index contributed by atoms with van der Waals surface area (Å²) in [5.74, 6) is 1.62. The van der Waals surface area contributed by atoms with Crippen LogP contribution in [0.25, 0.3) is 11.4 Å².